The van der Waals surface area contributed by atoms with Crippen LogP contribution in [-0.4, -0.2) is 31.1 Å². The van der Waals surface area contributed by atoms with E-state index in [9.17, 15) is 22.8 Å². The maximum absolute atomic E-state index is 13.6. The van der Waals surface area contributed by atoms with Gasteiger partial charge in [-0.3, -0.25) is 4.79 Å². The molecule has 9 heteroatoms. The second-order valence-electron chi connectivity index (χ2n) is 12.0. The molecule has 3 N–H and O–H groups in total. The van der Waals surface area contributed by atoms with Crippen LogP contribution < -0.4 is 16.0 Å². The van der Waals surface area contributed by atoms with Crippen LogP contribution in [0.4, 0.5) is 24.5 Å². The molecule has 1 saturated carbocycles. The highest BCUT2D eigenvalue weighted by atomic mass is 19.4. The number of rotatable bonds is 9. The number of carbonyl (C=O) groups excluding carboxylic acids is 2. The van der Waals surface area contributed by atoms with Crippen molar-refractivity contribution in [3.8, 4) is 0 Å². The maximum atomic E-state index is 13.6. The molecule has 1 saturated heterocycles. The third-order valence-electron chi connectivity index (χ3n) is 8.97. The highest BCUT2D eigenvalue weighted by Crippen LogP contribution is 2.37. The number of nitrogens with one attached hydrogen (secondary N) is 3. The smallest absolute Gasteiger partial charge is 0.416 e. The SMILES string of the molecule is COC(=O)c1ccccc1CCC1CCC(C(=O)Nc2ccc(C)c(C(F)(F)F)c2)C(c2ccc(NC3CCCC3)cc2)N1. The van der Waals surface area contributed by atoms with E-state index in [1.54, 1.807) is 6.07 Å². The van der Waals surface area contributed by atoms with Crippen LogP contribution >= 0.6 is 0 Å². The fraction of sp³-hybridized carbons (Fsp3) is 0.429. The van der Waals surface area contributed by atoms with Crippen molar-refractivity contribution in [2.75, 3.05) is 17.7 Å². The molecule has 0 aromatic heterocycles. The van der Waals surface area contributed by atoms with Gasteiger partial charge in [0.2, 0.25) is 5.91 Å². The predicted octanol–water partition coefficient (Wildman–Crippen LogP) is 7.84. The zero-order chi connectivity index (χ0) is 31.3. The summed E-state index contributed by atoms with van der Waals surface area (Å²) in [5.41, 5.74) is 2.90. The van der Waals surface area contributed by atoms with Gasteiger partial charge < -0.3 is 20.7 Å². The van der Waals surface area contributed by atoms with Crippen molar-refractivity contribution in [1.29, 1.82) is 0 Å². The van der Waals surface area contributed by atoms with Gasteiger partial charge >= 0.3 is 12.1 Å². The molecule has 3 aromatic carbocycles. The predicted molar refractivity (Wildman–Crippen MR) is 166 cm³/mol. The molecule has 234 valence electrons. The molecule has 3 unspecified atom stereocenters. The number of amides is 1. The van der Waals surface area contributed by atoms with Gasteiger partial charge in [-0.1, -0.05) is 49.2 Å². The van der Waals surface area contributed by atoms with E-state index in [1.807, 2.05) is 42.5 Å². The van der Waals surface area contributed by atoms with Gasteiger partial charge in [-0.2, -0.15) is 13.2 Å². The molecule has 5 rings (SSSR count). The van der Waals surface area contributed by atoms with Crippen molar-refractivity contribution in [3.05, 3.63) is 94.5 Å². The van der Waals surface area contributed by atoms with Gasteiger partial charge in [0.15, 0.2) is 0 Å². The van der Waals surface area contributed by atoms with Crippen LogP contribution in [0.5, 0.6) is 0 Å². The minimum Gasteiger partial charge on any atom is -0.465 e. The van der Waals surface area contributed by atoms with Crippen molar-refractivity contribution in [2.45, 2.75) is 82.6 Å². The zero-order valence-corrected chi connectivity index (χ0v) is 25.2. The fourth-order valence-corrected chi connectivity index (χ4v) is 6.55. The number of piperidine rings is 1. The van der Waals surface area contributed by atoms with E-state index in [0.29, 0.717) is 30.9 Å². The average molecular weight is 608 g/mol. The van der Waals surface area contributed by atoms with Crippen molar-refractivity contribution < 1.29 is 27.5 Å². The summed E-state index contributed by atoms with van der Waals surface area (Å²) in [4.78, 5) is 25.9. The number of benzene rings is 3. The molecule has 1 aliphatic carbocycles. The minimum atomic E-state index is -4.51. The third-order valence-corrected chi connectivity index (χ3v) is 8.97. The normalized spacial score (nSPS) is 20.7. The quantitative estimate of drug-likeness (QED) is 0.216. The number of carbonyl (C=O) groups is 2. The lowest BCUT2D eigenvalue weighted by Gasteiger charge is -2.37. The molecule has 1 heterocycles. The molecule has 44 heavy (non-hydrogen) atoms. The van der Waals surface area contributed by atoms with Crippen LogP contribution in [0.25, 0.3) is 0 Å². The Morgan fingerprint density at radius 2 is 1.64 bits per heavy atom. The highest BCUT2D eigenvalue weighted by molar-refractivity contribution is 5.93. The molecular weight excluding hydrogens is 567 g/mol. The summed E-state index contributed by atoms with van der Waals surface area (Å²) in [7, 11) is 1.37. The van der Waals surface area contributed by atoms with E-state index in [1.165, 1.54) is 39.0 Å². The summed E-state index contributed by atoms with van der Waals surface area (Å²) in [6.07, 6.45) is 2.94. The van der Waals surface area contributed by atoms with Gasteiger partial charge in [-0.25, -0.2) is 4.79 Å². The molecular formula is C35H40F3N3O3. The van der Waals surface area contributed by atoms with E-state index < -0.39 is 17.7 Å². The summed E-state index contributed by atoms with van der Waals surface area (Å²) < 4.78 is 45.6. The molecule has 6 nitrogen and oxygen atoms in total. The van der Waals surface area contributed by atoms with Crippen molar-refractivity contribution in [2.24, 2.45) is 5.92 Å². The van der Waals surface area contributed by atoms with Crippen molar-refractivity contribution in [3.63, 3.8) is 0 Å². The summed E-state index contributed by atoms with van der Waals surface area (Å²) in [6.45, 7) is 1.41. The molecule has 2 fully saturated rings. The number of alkyl halides is 3. The van der Waals surface area contributed by atoms with Crippen LogP contribution in [0.3, 0.4) is 0 Å². The van der Waals surface area contributed by atoms with E-state index in [2.05, 4.69) is 16.0 Å². The van der Waals surface area contributed by atoms with E-state index in [-0.39, 0.29) is 35.2 Å². The molecule has 1 amide bonds. The van der Waals surface area contributed by atoms with Gasteiger partial charge in [0, 0.05) is 29.5 Å². The van der Waals surface area contributed by atoms with E-state index >= 15 is 0 Å². The lowest BCUT2D eigenvalue weighted by molar-refractivity contribution is -0.138. The average Bonchev–Trinajstić information content (AvgIpc) is 3.53. The summed E-state index contributed by atoms with van der Waals surface area (Å²) >= 11 is 0. The Bertz CT molecular complexity index is 1450. The van der Waals surface area contributed by atoms with Crippen LogP contribution in [0, 0.1) is 12.8 Å². The first-order valence-electron chi connectivity index (χ1n) is 15.4. The number of hydrogen-bond acceptors (Lipinski definition) is 5. The Morgan fingerprint density at radius 3 is 2.34 bits per heavy atom. The second-order valence-corrected chi connectivity index (χ2v) is 12.0. The minimum absolute atomic E-state index is 0.0715. The summed E-state index contributed by atoms with van der Waals surface area (Å²) in [5, 5.41) is 10.0. The Kier molecular flexibility index (Phi) is 9.93. The number of hydrogen-bond donors (Lipinski definition) is 3. The topological polar surface area (TPSA) is 79.5 Å². The monoisotopic (exact) mass is 607 g/mol. The van der Waals surface area contributed by atoms with Gasteiger partial charge in [0.1, 0.15) is 0 Å². The first-order valence-corrected chi connectivity index (χ1v) is 15.4. The molecule has 0 bridgehead atoms. The van der Waals surface area contributed by atoms with Gasteiger partial charge in [-0.15, -0.1) is 0 Å². The van der Waals surface area contributed by atoms with Gasteiger partial charge in [0.05, 0.1) is 24.2 Å². The fourth-order valence-electron chi connectivity index (χ4n) is 6.55. The highest BCUT2D eigenvalue weighted by Gasteiger charge is 2.37. The number of halogens is 3. The van der Waals surface area contributed by atoms with Crippen LogP contribution in [0.2, 0.25) is 0 Å². The van der Waals surface area contributed by atoms with Crippen LogP contribution in [-0.2, 0) is 22.1 Å². The standard InChI is InChI=1S/C35H40F3N3O3/c1-22-11-15-28(21-31(22)35(36,37)38)41-33(42)30-20-19-27(16-12-23-7-3-6-10-29(23)34(43)44-2)40-32(30)24-13-17-26(18-14-24)39-25-8-4-5-9-25/h3,6-7,10-11,13-15,17-18,21,25,27,30,32,39-40H,4-5,8-9,12,16,19-20H2,1-2H3,(H,41,42). The Balaban J connectivity index is 1.34. The molecule has 0 spiro atoms. The Morgan fingerprint density at radius 1 is 0.932 bits per heavy atom. The maximum Gasteiger partial charge on any atom is 0.416 e. The number of methoxy groups -OCH3 is 1. The number of anilines is 2. The zero-order valence-electron chi connectivity index (χ0n) is 25.2. The van der Waals surface area contributed by atoms with Crippen molar-refractivity contribution in [1.82, 2.24) is 5.32 Å². The molecule has 1 aliphatic heterocycles. The first-order chi connectivity index (χ1) is 21.1. The first kappa shape index (κ1) is 31.6. The number of esters is 1. The van der Waals surface area contributed by atoms with Gasteiger partial charge in [-0.05, 0) is 92.5 Å². The van der Waals surface area contributed by atoms with Crippen LogP contribution in [0.1, 0.15) is 83.6 Å². The Hall–Kier alpha value is -3.85. The molecule has 2 aliphatic rings. The van der Waals surface area contributed by atoms with Crippen LogP contribution in [0.15, 0.2) is 66.7 Å². The molecule has 0 radical (unpaired) electrons. The third kappa shape index (κ3) is 7.62. The molecule has 3 aromatic rings. The summed E-state index contributed by atoms with van der Waals surface area (Å²) in [5.74, 6) is -1.18. The van der Waals surface area contributed by atoms with E-state index in [4.69, 9.17) is 4.74 Å². The molecule has 3 atom stereocenters. The summed E-state index contributed by atoms with van der Waals surface area (Å²) in [6, 6.07) is 19.6. The second kappa shape index (κ2) is 13.8. The van der Waals surface area contributed by atoms with E-state index in [0.717, 1.165) is 42.1 Å². The van der Waals surface area contributed by atoms with Gasteiger partial charge in [0.25, 0.3) is 0 Å². The Labute approximate surface area is 256 Å². The van der Waals surface area contributed by atoms with Crippen molar-refractivity contribution >= 4 is 23.3 Å². The number of ether oxygens (including phenoxy) is 1. The lowest BCUT2D eigenvalue weighted by Crippen LogP contribution is -2.46. The largest absolute Gasteiger partial charge is 0.465 e. The number of aryl methyl sites for hydroxylation is 2. The lowest BCUT2D eigenvalue weighted by atomic mass is 9.81.